The van der Waals surface area contributed by atoms with Crippen LogP contribution in [0.2, 0.25) is 0 Å². The molecule has 2 aliphatic rings. The molecule has 1 aromatic heterocycles. The molecule has 2 saturated heterocycles. The van der Waals surface area contributed by atoms with Gasteiger partial charge in [0.15, 0.2) is 0 Å². The first-order valence-electron chi connectivity index (χ1n) is 7.76. The fourth-order valence-corrected chi connectivity index (χ4v) is 3.40. The van der Waals surface area contributed by atoms with Gasteiger partial charge in [0.2, 0.25) is 0 Å². The van der Waals surface area contributed by atoms with Gasteiger partial charge in [-0.2, -0.15) is 0 Å². The van der Waals surface area contributed by atoms with Crippen molar-refractivity contribution >= 4 is 5.82 Å². The summed E-state index contributed by atoms with van der Waals surface area (Å²) in [5.74, 6) is 2.35. The number of likely N-dealkylation sites (tertiary alicyclic amines) is 1. The predicted octanol–water partition coefficient (Wildman–Crippen LogP) is 1.39. The molecule has 0 bridgehead atoms. The average molecular weight is 276 g/mol. The minimum absolute atomic E-state index is 0.0494. The van der Waals surface area contributed by atoms with Gasteiger partial charge in [0.25, 0.3) is 5.56 Å². The molecule has 0 unspecified atom stereocenters. The van der Waals surface area contributed by atoms with Crippen LogP contribution in [0.25, 0.3) is 0 Å². The van der Waals surface area contributed by atoms with E-state index in [0.717, 1.165) is 24.8 Å². The minimum Gasteiger partial charge on any atom is -0.356 e. The monoisotopic (exact) mass is 276 g/mol. The standard InChI is InChI=1S/C15H24N4O/c1-12-16-14(10-15(20)17-12)19-8-4-13(5-9-19)11-18-6-2-3-7-18/h10,13H,2-9,11H2,1H3,(H,16,17,20). The summed E-state index contributed by atoms with van der Waals surface area (Å²) in [6, 6.07) is 1.62. The molecule has 2 aliphatic heterocycles. The zero-order chi connectivity index (χ0) is 13.9. The van der Waals surface area contributed by atoms with E-state index >= 15 is 0 Å². The van der Waals surface area contributed by atoms with E-state index in [0.29, 0.717) is 5.82 Å². The maximum absolute atomic E-state index is 11.5. The molecule has 20 heavy (non-hydrogen) atoms. The number of hydrogen-bond acceptors (Lipinski definition) is 4. The maximum Gasteiger partial charge on any atom is 0.252 e. The molecule has 0 atom stereocenters. The highest BCUT2D eigenvalue weighted by molar-refractivity contribution is 5.37. The number of rotatable bonds is 3. The predicted molar refractivity (Wildman–Crippen MR) is 80.2 cm³/mol. The summed E-state index contributed by atoms with van der Waals surface area (Å²) in [5.41, 5.74) is -0.0494. The Morgan fingerprint density at radius 1 is 1.25 bits per heavy atom. The van der Waals surface area contributed by atoms with E-state index in [-0.39, 0.29) is 5.56 Å². The van der Waals surface area contributed by atoms with Crippen molar-refractivity contribution in [2.24, 2.45) is 5.92 Å². The number of aryl methyl sites for hydroxylation is 1. The molecule has 1 aromatic rings. The van der Waals surface area contributed by atoms with Gasteiger partial charge in [-0.3, -0.25) is 4.79 Å². The third-order valence-corrected chi connectivity index (χ3v) is 4.50. The normalized spacial score (nSPS) is 21.6. The van der Waals surface area contributed by atoms with E-state index in [1.807, 2.05) is 6.92 Å². The molecule has 3 rings (SSSR count). The van der Waals surface area contributed by atoms with Crippen LogP contribution in [-0.2, 0) is 0 Å². The summed E-state index contributed by atoms with van der Waals surface area (Å²) in [6.07, 6.45) is 5.16. The Labute approximate surface area is 120 Å². The van der Waals surface area contributed by atoms with E-state index in [9.17, 15) is 4.79 Å². The molecule has 0 spiro atoms. The smallest absolute Gasteiger partial charge is 0.252 e. The molecule has 1 N–H and O–H groups in total. The molecular weight excluding hydrogens is 252 g/mol. The zero-order valence-electron chi connectivity index (χ0n) is 12.3. The molecule has 0 amide bonds. The van der Waals surface area contributed by atoms with Crippen LogP contribution in [0.3, 0.4) is 0 Å². The van der Waals surface area contributed by atoms with Crippen LogP contribution < -0.4 is 10.5 Å². The van der Waals surface area contributed by atoms with E-state index in [1.165, 1.54) is 45.3 Å². The Bertz CT molecular complexity index is 499. The molecule has 5 nitrogen and oxygen atoms in total. The highest BCUT2D eigenvalue weighted by Gasteiger charge is 2.23. The topological polar surface area (TPSA) is 52.2 Å². The van der Waals surface area contributed by atoms with Crippen LogP contribution in [-0.4, -0.2) is 47.6 Å². The summed E-state index contributed by atoms with van der Waals surface area (Å²) < 4.78 is 0. The van der Waals surface area contributed by atoms with Crippen LogP contribution in [0.15, 0.2) is 10.9 Å². The number of nitrogens with zero attached hydrogens (tertiary/aromatic N) is 3. The highest BCUT2D eigenvalue weighted by atomic mass is 16.1. The highest BCUT2D eigenvalue weighted by Crippen LogP contribution is 2.23. The lowest BCUT2D eigenvalue weighted by molar-refractivity contribution is 0.249. The molecule has 110 valence electrons. The van der Waals surface area contributed by atoms with Crippen molar-refractivity contribution in [1.82, 2.24) is 14.9 Å². The van der Waals surface area contributed by atoms with Gasteiger partial charge in [-0.1, -0.05) is 0 Å². The van der Waals surface area contributed by atoms with Crippen molar-refractivity contribution in [3.8, 4) is 0 Å². The van der Waals surface area contributed by atoms with Crippen LogP contribution in [0.4, 0.5) is 5.82 Å². The van der Waals surface area contributed by atoms with Crippen LogP contribution in [0.1, 0.15) is 31.5 Å². The Morgan fingerprint density at radius 3 is 2.60 bits per heavy atom. The number of aromatic nitrogens is 2. The Balaban J connectivity index is 1.56. The molecule has 0 radical (unpaired) electrons. The Hall–Kier alpha value is -1.36. The second-order valence-electron chi connectivity index (χ2n) is 6.13. The van der Waals surface area contributed by atoms with E-state index in [1.54, 1.807) is 6.07 Å². The van der Waals surface area contributed by atoms with Crippen molar-refractivity contribution in [2.45, 2.75) is 32.6 Å². The van der Waals surface area contributed by atoms with E-state index in [2.05, 4.69) is 19.8 Å². The first kappa shape index (κ1) is 13.6. The number of hydrogen-bond donors (Lipinski definition) is 1. The lowest BCUT2D eigenvalue weighted by Crippen LogP contribution is -2.39. The SMILES string of the molecule is Cc1nc(N2CCC(CN3CCCC3)CC2)cc(=O)[nH]1. The van der Waals surface area contributed by atoms with Gasteiger partial charge in [0, 0.05) is 25.7 Å². The van der Waals surface area contributed by atoms with Gasteiger partial charge in [0.1, 0.15) is 11.6 Å². The van der Waals surface area contributed by atoms with Gasteiger partial charge >= 0.3 is 0 Å². The Morgan fingerprint density at radius 2 is 1.95 bits per heavy atom. The van der Waals surface area contributed by atoms with Crippen LogP contribution in [0, 0.1) is 12.8 Å². The number of H-pyrrole nitrogens is 1. The quantitative estimate of drug-likeness (QED) is 0.906. The third kappa shape index (κ3) is 3.20. The largest absolute Gasteiger partial charge is 0.356 e. The number of nitrogens with one attached hydrogen (secondary N) is 1. The van der Waals surface area contributed by atoms with Gasteiger partial charge < -0.3 is 14.8 Å². The average Bonchev–Trinajstić information content (AvgIpc) is 2.91. The molecule has 0 saturated carbocycles. The van der Waals surface area contributed by atoms with Crippen molar-refractivity contribution in [3.63, 3.8) is 0 Å². The molecule has 0 aliphatic carbocycles. The van der Waals surface area contributed by atoms with Crippen molar-refractivity contribution in [1.29, 1.82) is 0 Å². The van der Waals surface area contributed by atoms with E-state index < -0.39 is 0 Å². The molecule has 5 heteroatoms. The first-order chi connectivity index (χ1) is 9.70. The molecule has 0 aromatic carbocycles. The van der Waals surface area contributed by atoms with Crippen molar-refractivity contribution in [2.75, 3.05) is 37.6 Å². The fourth-order valence-electron chi connectivity index (χ4n) is 3.40. The summed E-state index contributed by atoms with van der Waals surface area (Å²) in [5, 5.41) is 0. The second-order valence-corrected chi connectivity index (χ2v) is 6.13. The fraction of sp³-hybridized carbons (Fsp3) is 0.733. The molecule has 3 heterocycles. The number of aromatic amines is 1. The number of anilines is 1. The third-order valence-electron chi connectivity index (χ3n) is 4.50. The Kier molecular flexibility index (Phi) is 4.05. The maximum atomic E-state index is 11.5. The van der Waals surface area contributed by atoms with Crippen LogP contribution in [0.5, 0.6) is 0 Å². The van der Waals surface area contributed by atoms with Gasteiger partial charge in [-0.25, -0.2) is 4.98 Å². The van der Waals surface area contributed by atoms with Gasteiger partial charge in [-0.15, -0.1) is 0 Å². The molecule has 2 fully saturated rings. The summed E-state index contributed by atoms with van der Waals surface area (Å²) in [4.78, 5) is 23.5. The van der Waals surface area contributed by atoms with Gasteiger partial charge in [0.05, 0.1) is 0 Å². The lowest BCUT2D eigenvalue weighted by atomic mass is 9.96. The first-order valence-corrected chi connectivity index (χ1v) is 7.76. The lowest BCUT2D eigenvalue weighted by Gasteiger charge is -2.34. The molecular formula is C15H24N4O. The second kappa shape index (κ2) is 5.95. The van der Waals surface area contributed by atoms with Crippen molar-refractivity contribution in [3.05, 3.63) is 22.2 Å². The van der Waals surface area contributed by atoms with Crippen molar-refractivity contribution < 1.29 is 0 Å². The van der Waals surface area contributed by atoms with Gasteiger partial charge in [-0.05, 0) is 51.6 Å². The van der Waals surface area contributed by atoms with E-state index in [4.69, 9.17) is 0 Å². The minimum atomic E-state index is -0.0494. The summed E-state index contributed by atoms with van der Waals surface area (Å²) in [6.45, 7) is 7.72. The van der Waals surface area contributed by atoms with Crippen LogP contribution >= 0.6 is 0 Å². The summed E-state index contributed by atoms with van der Waals surface area (Å²) >= 11 is 0. The summed E-state index contributed by atoms with van der Waals surface area (Å²) in [7, 11) is 0. The zero-order valence-corrected chi connectivity index (χ0v) is 12.3. The number of piperidine rings is 1.